The van der Waals surface area contributed by atoms with E-state index < -0.39 is 0 Å². The summed E-state index contributed by atoms with van der Waals surface area (Å²) in [4.78, 5) is 4.75. The monoisotopic (exact) mass is 368 g/mol. The summed E-state index contributed by atoms with van der Waals surface area (Å²) in [5, 5.41) is 8.75. The van der Waals surface area contributed by atoms with Crippen molar-refractivity contribution in [3.63, 3.8) is 0 Å². The third-order valence-electron chi connectivity index (χ3n) is 4.89. The number of nitrogens with zero attached hydrogens (tertiary/aromatic N) is 4. The van der Waals surface area contributed by atoms with Gasteiger partial charge in [0.2, 0.25) is 0 Å². The highest BCUT2D eigenvalue weighted by atomic mass is 16.5. The van der Waals surface area contributed by atoms with Gasteiger partial charge in [0.15, 0.2) is 5.82 Å². The van der Waals surface area contributed by atoms with Crippen LogP contribution < -0.4 is 4.74 Å². The first-order valence-corrected chi connectivity index (χ1v) is 9.32. The summed E-state index contributed by atoms with van der Waals surface area (Å²) in [6.07, 6.45) is 2.56. The molecule has 0 N–H and O–H groups in total. The van der Waals surface area contributed by atoms with Crippen LogP contribution in [-0.2, 0) is 24.2 Å². The van der Waals surface area contributed by atoms with E-state index in [1.807, 2.05) is 48.9 Å². The van der Waals surface area contributed by atoms with Gasteiger partial charge in [0, 0.05) is 18.6 Å². The van der Waals surface area contributed by atoms with Gasteiger partial charge in [-0.15, -0.1) is 0 Å². The third kappa shape index (κ3) is 4.03. The molecule has 1 atom stereocenters. The van der Waals surface area contributed by atoms with Gasteiger partial charge in [-0.05, 0) is 38.8 Å². The molecule has 0 radical (unpaired) electrons. The Morgan fingerprint density at radius 3 is 2.74 bits per heavy atom. The molecular formula is C20H24N4O3. The fraction of sp³-hybridized carbons (Fsp3) is 0.450. The lowest BCUT2D eigenvalue weighted by Gasteiger charge is -2.11. The topological polar surface area (TPSA) is 75.2 Å². The molecule has 3 aromatic rings. The Hall–Kier alpha value is -2.67. The lowest BCUT2D eigenvalue weighted by molar-refractivity contribution is 0.183. The molecule has 2 aromatic heterocycles. The Bertz CT molecular complexity index is 863. The molecule has 0 spiro atoms. The fourth-order valence-corrected chi connectivity index (χ4v) is 3.40. The van der Waals surface area contributed by atoms with E-state index in [1.165, 1.54) is 0 Å². The molecule has 27 heavy (non-hydrogen) atoms. The minimum absolute atomic E-state index is 0.239. The lowest BCUT2D eigenvalue weighted by Crippen LogP contribution is -2.15. The average Bonchev–Trinajstić information content (AvgIpc) is 3.41. The number of aryl methyl sites for hydroxylation is 3. The van der Waals surface area contributed by atoms with Gasteiger partial charge in [-0.25, -0.2) is 9.67 Å². The molecule has 1 fully saturated rings. The van der Waals surface area contributed by atoms with E-state index >= 15 is 0 Å². The van der Waals surface area contributed by atoms with Gasteiger partial charge >= 0.3 is 0 Å². The fourth-order valence-electron chi connectivity index (χ4n) is 3.40. The van der Waals surface area contributed by atoms with E-state index in [-0.39, 0.29) is 6.04 Å². The number of ether oxygens (including phenoxy) is 2. The second kappa shape index (κ2) is 7.92. The summed E-state index contributed by atoms with van der Waals surface area (Å²) in [6, 6.07) is 9.97. The Labute approximate surface area is 158 Å². The number of benzene rings is 1. The first-order chi connectivity index (χ1) is 13.2. The summed E-state index contributed by atoms with van der Waals surface area (Å²) in [6.45, 7) is 5.72. The van der Waals surface area contributed by atoms with Gasteiger partial charge in [-0.1, -0.05) is 23.4 Å². The molecule has 0 bridgehead atoms. The minimum Gasteiger partial charge on any atom is -0.486 e. The van der Waals surface area contributed by atoms with Gasteiger partial charge in [-0.2, -0.15) is 5.10 Å². The molecule has 142 valence electrons. The Balaban J connectivity index is 1.50. The Morgan fingerprint density at radius 2 is 2.04 bits per heavy atom. The molecule has 1 aromatic carbocycles. The summed E-state index contributed by atoms with van der Waals surface area (Å²) in [7, 11) is 0. The van der Waals surface area contributed by atoms with Crippen molar-refractivity contribution in [1.82, 2.24) is 19.9 Å². The first-order valence-electron chi connectivity index (χ1n) is 9.32. The molecule has 4 rings (SSSR count). The summed E-state index contributed by atoms with van der Waals surface area (Å²) in [5.74, 6) is 3.34. The highest BCUT2D eigenvalue weighted by molar-refractivity contribution is 5.22. The SMILES string of the molecule is Cc1noc(C)c1CCc1nc(COc2ccccc2)nn1C1CCOC1. The molecule has 1 aliphatic rings. The maximum absolute atomic E-state index is 5.82. The van der Waals surface area contributed by atoms with Crippen LogP contribution in [0.15, 0.2) is 34.9 Å². The van der Waals surface area contributed by atoms with E-state index in [4.69, 9.17) is 24.1 Å². The molecule has 1 unspecified atom stereocenters. The quantitative estimate of drug-likeness (QED) is 0.637. The maximum Gasteiger partial charge on any atom is 0.188 e. The molecule has 7 nitrogen and oxygen atoms in total. The van der Waals surface area contributed by atoms with Gasteiger partial charge in [0.05, 0.1) is 18.3 Å². The second-order valence-corrected chi connectivity index (χ2v) is 6.81. The summed E-state index contributed by atoms with van der Waals surface area (Å²) < 4.78 is 18.7. The van der Waals surface area contributed by atoms with Crippen molar-refractivity contribution in [2.24, 2.45) is 0 Å². The van der Waals surface area contributed by atoms with Gasteiger partial charge in [-0.3, -0.25) is 0 Å². The first kappa shape index (κ1) is 17.7. The van der Waals surface area contributed by atoms with E-state index in [2.05, 4.69) is 5.16 Å². The number of rotatable bonds is 7. The second-order valence-electron chi connectivity index (χ2n) is 6.81. The van der Waals surface area contributed by atoms with Gasteiger partial charge in [0.1, 0.15) is 23.9 Å². The summed E-state index contributed by atoms with van der Waals surface area (Å²) >= 11 is 0. The Morgan fingerprint density at radius 1 is 1.19 bits per heavy atom. The van der Waals surface area contributed by atoms with Crippen LogP contribution in [0.1, 0.15) is 41.1 Å². The summed E-state index contributed by atoms with van der Waals surface area (Å²) in [5.41, 5.74) is 2.09. The zero-order valence-electron chi connectivity index (χ0n) is 15.7. The zero-order valence-corrected chi connectivity index (χ0v) is 15.7. The van der Waals surface area contributed by atoms with Crippen LogP contribution in [0.3, 0.4) is 0 Å². The maximum atomic E-state index is 5.82. The molecular weight excluding hydrogens is 344 g/mol. The van der Waals surface area contributed by atoms with Gasteiger partial charge in [0.25, 0.3) is 0 Å². The minimum atomic E-state index is 0.239. The van der Waals surface area contributed by atoms with Gasteiger partial charge < -0.3 is 14.0 Å². The van der Waals surface area contributed by atoms with Crippen molar-refractivity contribution in [1.29, 1.82) is 0 Å². The predicted molar refractivity (Wildman–Crippen MR) is 98.7 cm³/mol. The van der Waals surface area contributed by atoms with Crippen LogP contribution in [0.5, 0.6) is 5.75 Å². The van der Waals surface area contributed by atoms with Crippen LogP contribution in [0.25, 0.3) is 0 Å². The molecule has 0 aliphatic carbocycles. The zero-order chi connectivity index (χ0) is 18.6. The van der Waals surface area contributed by atoms with Crippen LogP contribution in [0, 0.1) is 13.8 Å². The normalized spacial score (nSPS) is 16.7. The molecule has 7 heteroatoms. The third-order valence-corrected chi connectivity index (χ3v) is 4.89. The molecule has 1 saturated heterocycles. The van der Waals surface area contributed by atoms with E-state index in [0.717, 1.165) is 54.5 Å². The predicted octanol–water partition coefficient (Wildman–Crippen LogP) is 3.21. The lowest BCUT2D eigenvalue weighted by atomic mass is 10.1. The van der Waals surface area contributed by atoms with Crippen molar-refractivity contribution in [2.75, 3.05) is 13.2 Å². The number of aromatic nitrogens is 4. The van der Waals surface area contributed by atoms with Crippen LogP contribution in [0.2, 0.25) is 0 Å². The van der Waals surface area contributed by atoms with Crippen molar-refractivity contribution < 1.29 is 14.0 Å². The van der Waals surface area contributed by atoms with Crippen molar-refractivity contribution >= 4 is 0 Å². The number of para-hydroxylation sites is 1. The van der Waals surface area contributed by atoms with Crippen LogP contribution >= 0.6 is 0 Å². The van der Waals surface area contributed by atoms with Crippen LogP contribution in [0.4, 0.5) is 0 Å². The standard InChI is InChI=1S/C20H24N4O3/c1-14-18(15(2)27-23-14)8-9-20-21-19(13-26-17-6-4-3-5-7-17)22-24(20)16-10-11-25-12-16/h3-7,16H,8-13H2,1-2H3. The average molecular weight is 368 g/mol. The highest BCUT2D eigenvalue weighted by Gasteiger charge is 2.23. The van der Waals surface area contributed by atoms with Crippen molar-refractivity contribution in [2.45, 2.75) is 45.8 Å². The van der Waals surface area contributed by atoms with E-state index in [0.29, 0.717) is 19.0 Å². The highest BCUT2D eigenvalue weighted by Crippen LogP contribution is 2.22. The van der Waals surface area contributed by atoms with E-state index in [1.54, 1.807) is 0 Å². The molecule has 0 amide bonds. The Kier molecular flexibility index (Phi) is 5.20. The molecule has 1 aliphatic heterocycles. The largest absolute Gasteiger partial charge is 0.486 e. The molecule has 0 saturated carbocycles. The number of hydrogen-bond acceptors (Lipinski definition) is 6. The van der Waals surface area contributed by atoms with E-state index in [9.17, 15) is 0 Å². The number of hydrogen-bond donors (Lipinski definition) is 0. The smallest absolute Gasteiger partial charge is 0.188 e. The van der Waals surface area contributed by atoms with Crippen LogP contribution in [-0.4, -0.2) is 33.1 Å². The molecule has 3 heterocycles. The van der Waals surface area contributed by atoms with Crippen molar-refractivity contribution in [3.05, 3.63) is 59.0 Å². The van der Waals surface area contributed by atoms with Crippen molar-refractivity contribution in [3.8, 4) is 5.75 Å².